The summed E-state index contributed by atoms with van der Waals surface area (Å²) in [6.07, 6.45) is 2.00. The normalized spacial score (nSPS) is 43.3. The van der Waals surface area contributed by atoms with Crippen molar-refractivity contribution in [1.82, 2.24) is 0 Å². The van der Waals surface area contributed by atoms with Crippen molar-refractivity contribution >= 4 is 9.24 Å². The molecule has 0 bridgehead atoms. The lowest BCUT2D eigenvalue weighted by molar-refractivity contribution is -0.317. The van der Waals surface area contributed by atoms with Crippen LogP contribution in [0.5, 0.6) is 0 Å². The van der Waals surface area contributed by atoms with Crippen LogP contribution in [0.3, 0.4) is 0 Å². The average molecular weight is 276 g/mol. The molecule has 0 radical (unpaired) electrons. The fraction of sp³-hybridized carbons (Fsp3) is 1.00. The van der Waals surface area contributed by atoms with E-state index in [9.17, 15) is 0 Å². The van der Waals surface area contributed by atoms with Gasteiger partial charge in [-0.2, -0.15) is 0 Å². The van der Waals surface area contributed by atoms with Gasteiger partial charge in [-0.1, -0.05) is 13.8 Å². The molecule has 2 fully saturated rings. The van der Waals surface area contributed by atoms with E-state index in [0.717, 1.165) is 32.7 Å². The standard InChI is InChI=1S/C13H25O4P/c1-4-12(8-16-10(12)14-3)6-15-7-13(5-2)9-17-11(13)18/h10-11H,4-9,18H2,1-3H3. The molecule has 0 spiro atoms. The lowest BCUT2D eigenvalue weighted by Crippen LogP contribution is -2.57. The van der Waals surface area contributed by atoms with Gasteiger partial charge in [0.15, 0.2) is 6.29 Å². The molecule has 2 aliphatic rings. The van der Waals surface area contributed by atoms with Crippen LogP contribution in [0.25, 0.3) is 0 Å². The van der Waals surface area contributed by atoms with Gasteiger partial charge in [-0.05, 0) is 12.8 Å². The number of hydrogen-bond donors (Lipinski definition) is 0. The molecule has 0 saturated carbocycles. The summed E-state index contributed by atoms with van der Waals surface area (Å²) in [6, 6.07) is 0. The fourth-order valence-electron chi connectivity index (χ4n) is 2.59. The average Bonchev–Trinajstić information content (AvgIpc) is 2.37. The first-order valence-corrected chi connectivity index (χ1v) is 7.38. The Morgan fingerprint density at radius 2 is 1.72 bits per heavy atom. The molecular weight excluding hydrogens is 251 g/mol. The summed E-state index contributed by atoms with van der Waals surface area (Å²) in [5, 5.41) is 0. The molecule has 106 valence electrons. The zero-order valence-electron chi connectivity index (χ0n) is 11.6. The maximum Gasteiger partial charge on any atom is 0.167 e. The van der Waals surface area contributed by atoms with E-state index in [0.29, 0.717) is 6.61 Å². The van der Waals surface area contributed by atoms with Gasteiger partial charge in [-0.25, -0.2) is 0 Å². The summed E-state index contributed by atoms with van der Waals surface area (Å²) < 4.78 is 22.2. The van der Waals surface area contributed by atoms with Crippen molar-refractivity contribution < 1.29 is 18.9 Å². The SMILES string of the molecule is CCC1(COCC2(CC)COC2OC)COC1P. The molecule has 5 unspecified atom stereocenters. The molecule has 4 nitrogen and oxygen atoms in total. The Balaban J connectivity index is 1.81. The van der Waals surface area contributed by atoms with Gasteiger partial charge in [0.2, 0.25) is 0 Å². The summed E-state index contributed by atoms with van der Waals surface area (Å²) in [6.45, 7) is 7.38. The van der Waals surface area contributed by atoms with Gasteiger partial charge in [-0.15, -0.1) is 9.24 Å². The summed E-state index contributed by atoms with van der Waals surface area (Å²) in [4.78, 5) is 0. The van der Waals surface area contributed by atoms with E-state index < -0.39 is 0 Å². The molecule has 2 rings (SSSR count). The first kappa shape index (κ1) is 14.7. The van der Waals surface area contributed by atoms with Gasteiger partial charge in [-0.3, -0.25) is 0 Å². The second kappa shape index (κ2) is 5.72. The van der Waals surface area contributed by atoms with E-state index in [4.69, 9.17) is 18.9 Å². The van der Waals surface area contributed by atoms with Gasteiger partial charge in [0.05, 0.1) is 37.7 Å². The van der Waals surface area contributed by atoms with Crippen LogP contribution in [0.2, 0.25) is 0 Å². The molecule has 0 aromatic heterocycles. The second-order valence-corrected chi connectivity index (χ2v) is 6.14. The van der Waals surface area contributed by atoms with Crippen LogP contribution >= 0.6 is 9.24 Å². The van der Waals surface area contributed by atoms with Crippen LogP contribution in [0.4, 0.5) is 0 Å². The topological polar surface area (TPSA) is 36.9 Å². The van der Waals surface area contributed by atoms with Crippen molar-refractivity contribution in [3.8, 4) is 0 Å². The highest BCUT2D eigenvalue weighted by Gasteiger charge is 2.49. The molecule has 5 heteroatoms. The predicted molar refractivity (Wildman–Crippen MR) is 72.5 cm³/mol. The van der Waals surface area contributed by atoms with Crippen LogP contribution in [0, 0.1) is 10.8 Å². The highest BCUT2D eigenvalue weighted by Crippen LogP contribution is 2.44. The van der Waals surface area contributed by atoms with Gasteiger partial charge >= 0.3 is 0 Å². The summed E-state index contributed by atoms with van der Waals surface area (Å²) in [5.41, 5.74) is 0.234. The maximum absolute atomic E-state index is 5.98. The summed E-state index contributed by atoms with van der Waals surface area (Å²) in [5.74, 6) is 0.232. The Hall–Kier alpha value is 0.270. The number of methoxy groups -OCH3 is 1. The third-order valence-electron chi connectivity index (χ3n) is 4.58. The lowest BCUT2D eigenvalue weighted by atomic mass is 9.81. The van der Waals surface area contributed by atoms with E-state index >= 15 is 0 Å². The molecule has 0 N–H and O–H groups in total. The molecule has 2 aliphatic heterocycles. The predicted octanol–water partition coefficient (Wildman–Crippen LogP) is 2.03. The monoisotopic (exact) mass is 276 g/mol. The minimum Gasteiger partial charge on any atom is -0.380 e. The van der Waals surface area contributed by atoms with Gasteiger partial charge in [0.1, 0.15) is 0 Å². The third kappa shape index (κ3) is 2.34. The van der Waals surface area contributed by atoms with Crippen molar-refractivity contribution in [2.45, 2.75) is 38.8 Å². The van der Waals surface area contributed by atoms with Crippen LogP contribution < -0.4 is 0 Å². The Morgan fingerprint density at radius 3 is 2.06 bits per heavy atom. The molecule has 0 aromatic carbocycles. The minimum absolute atomic E-state index is 0.0463. The van der Waals surface area contributed by atoms with Crippen molar-refractivity contribution in [2.24, 2.45) is 10.8 Å². The third-order valence-corrected chi connectivity index (χ3v) is 5.48. The Labute approximate surface area is 112 Å². The summed E-state index contributed by atoms with van der Waals surface area (Å²) in [7, 11) is 4.46. The Kier molecular flexibility index (Phi) is 4.66. The number of ether oxygens (including phenoxy) is 4. The molecular formula is C13H25O4P. The summed E-state index contributed by atoms with van der Waals surface area (Å²) >= 11 is 0. The first-order valence-electron chi connectivity index (χ1n) is 6.72. The van der Waals surface area contributed by atoms with Crippen LogP contribution in [-0.4, -0.2) is 45.7 Å². The van der Waals surface area contributed by atoms with E-state index in [1.54, 1.807) is 7.11 Å². The zero-order valence-corrected chi connectivity index (χ0v) is 12.8. The Morgan fingerprint density at radius 1 is 1.11 bits per heavy atom. The highest BCUT2D eigenvalue weighted by molar-refractivity contribution is 7.17. The van der Waals surface area contributed by atoms with Crippen molar-refractivity contribution in [3.05, 3.63) is 0 Å². The molecule has 0 aromatic rings. The molecule has 5 atom stereocenters. The number of rotatable bonds is 7. The van der Waals surface area contributed by atoms with Crippen molar-refractivity contribution in [1.29, 1.82) is 0 Å². The van der Waals surface area contributed by atoms with Gasteiger partial charge in [0, 0.05) is 12.5 Å². The van der Waals surface area contributed by atoms with E-state index in [2.05, 4.69) is 23.1 Å². The zero-order chi connectivity index (χ0) is 13.2. The van der Waals surface area contributed by atoms with E-state index in [-0.39, 0.29) is 23.0 Å². The lowest BCUT2D eigenvalue weighted by Gasteiger charge is -2.50. The smallest absolute Gasteiger partial charge is 0.167 e. The second-order valence-electron chi connectivity index (χ2n) is 5.53. The van der Waals surface area contributed by atoms with Gasteiger partial charge in [0.25, 0.3) is 0 Å². The molecule has 2 saturated heterocycles. The van der Waals surface area contributed by atoms with Crippen molar-refractivity contribution in [2.75, 3.05) is 33.5 Å². The van der Waals surface area contributed by atoms with Crippen LogP contribution in [0.15, 0.2) is 0 Å². The minimum atomic E-state index is -0.107. The Bertz CT molecular complexity index is 278. The van der Waals surface area contributed by atoms with E-state index in [1.807, 2.05) is 0 Å². The van der Waals surface area contributed by atoms with Crippen molar-refractivity contribution in [3.63, 3.8) is 0 Å². The molecule has 0 aliphatic carbocycles. The molecule has 18 heavy (non-hydrogen) atoms. The highest BCUT2D eigenvalue weighted by atomic mass is 31.0. The molecule has 2 heterocycles. The fourth-order valence-corrected chi connectivity index (χ4v) is 3.11. The quantitative estimate of drug-likeness (QED) is 0.667. The number of hydrogen-bond acceptors (Lipinski definition) is 4. The van der Waals surface area contributed by atoms with Crippen LogP contribution in [0.1, 0.15) is 26.7 Å². The van der Waals surface area contributed by atoms with Crippen LogP contribution in [-0.2, 0) is 18.9 Å². The maximum atomic E-state index is 5.98. The van der Waals surface area contributed by atoms with Gasteiger partial charge < -0.3 is 18.9 Å². The largest absolute Gasteiger partial charge is 0.380 e. The van der Waals surface area contributed by atoms with E-state index in [1.165, 1.54) is 0 Å². The molecule has 0 amide bonds. The first-order chi connectivity index (χ1) is 8.62.